The molecular formula is C40H44O15. The zero-order chi connectivity index (χ0) is 39.2. The highest BCUT2D eigenvalue weighted by Gasteiger charge is 2.53. The van der Waals surface area contributed by atoms with Crippen molar-refractivity contribution in [2.75, 3.05) is 34.2 Å². The third kappa shape index (κ3) is 8.08. The highest BCUT2D eigenvalue weighted by molar-refractivity contribution is 6.05. The quantitative estimate of drug-likeness (QED) is 0.0928. The van der Waals surface area contributed by atoms with E-state index in [4.69, 9.17) is 56.8 Å². The number of carbonyl (C=O) groups excluding carboxylic acids is 3. The molecule has 55 heavy (non-hydrogen) atoms. The van der Waals surface area contributed by atoms with Crippen LogP contribution in [0.25, 0.3) is 21.9 Å². The van der Waals surface area contributed by atoms with Crippen molar-refractivity contribution in [1.29, 1.82) is 0 Å². The number of ether oxygens (including phenoxy) is 12. The molecule has 1 fully saturated rings. The van der Waals surface area contributed by atoms with Crippen molar-refractivity contribution >= 4 is 29.1 Å². The van der Waals surface area contributed by atoms with E-state index in [0.717, 1.165) is 16.7 Å². The Labute approximate surface area is 317 Å². The maximum Gasteiger partial charge on any atom is 0.509 e. The van der Waals surface area contributed by atoms with Crippen LogP contribution in [-0.4, -0.2) is 83.2 Å². The molecule has 15 heteroatoms. The number of carbonyl (C=O) groups is 3. The average molecular weight is 765 g/mol. The predicted octanol–water partition coefficient (Wildman–Crippen LogP) is 7.10. The Hall–Kier alpha value is -5.67. The van der Waals surface area contributed by atoms with Gasteiger partial charge in [-0.2, -0.15) is 0 Å². The van der Waals surface area contributed by atoms with Gasteiger partial charge in [0.15, 0.2) is 35.2 Å². The normalized spacial score (nSPS) is 22.2. The van der Waals surface area contributed by atoms with Crippen molar-refractivity contribution in [2.45, 2.75) is 77.0 Å². The summed E-state index contributed by atoms with van der Waals surface area (Å²) in [5, 5.41) is 1.27. The maximum atomic E-state index is 13.1. The van der Waals surface area contributed by atoms with Gasteiger partial charge in [0, 0.05) is 17.4 Å². The maximum absolute atomic E-state index is 13.1. The van der Waals surface area contributed by atoms with Crippen molar-refractivity contribution < 1.29 is 71.2 Å². The molecule has 0 bridgehead atoms. The molecular weight excluding hydrogens is 720 g/mol. The van der Waals surface area contributed by atoms with E-state index >= 15 is 0 Å². The van der Waals surface area contributed by atoms with E-state index in [1.54, 1.807) is 19.9 Å². The molecule has 15 nitrogen and oxygen atoms in total. The Balaban J connectivity index is 1.52. The van der Waals surface area contributed by atoms with E-state index in [1.165, 1.54) is 26.4 Å². The van der Waals surface area contributed by atoms with Crippen LogP contribution in [0.5, 0.6) is 28.7 Å². The Morgan fingerprint density at radius 2 is 1.49 bits per heavy atom. The monoisotopic (exact) mass is 764 g/mol. The fourth-order valence-corrected chi connectivity index (χ4v) is 6.80. The first kappa shape index (κ1) is 39.0. The summed E-state index contributed by atoms with van der Waals surface area (Å²) in [6.07, 6.45) is -6.15. The number of rotatable bonds is 14. The van der Waals surface area contributed by atoms with Crippen molar-refractivity contribution in [3.05, 3.63) is 66.8 Å². The highest BCUT2D eigenvalue weighted by atomic mass is 16.8. The zero-order valence-electron chi connectivity index (χ0n) is 31.3. The van der Waals surface area contributed by atoms with Gasteiger partial charge in [-0.3, -0.25) is 4.79 Å². The summed E-state index contributed by atoms with van der Waals surface area (Å²) in [5.41, 5.74) is 3.15. The van der Waals surface area contributed by atoms with Crippen LogP contribution in [0.2, 0.25) is 0 Å². The van der Waals surface area contributed by atoms with Crippen LogP contribution in [0.1, 0.15) is 50.8 Å². The Morgan fingerprint density at radius 3 is 2.15 bits per heavy atom. The van der Waals surface area contributed by atoms with Gasteiger partial charge in [0.05, 0.1) is 26.9 Å². The summed E-state index contributed by atoms with van der Waals surface area (Å²) in [6.45, 7) is 12.4. The minimum absolute atomic E-state index is 0.0227. The zero-order valence-corrected chi connectivity index (χ0v) is 31.3. The lowest BCUT2D eigenvalue weighted by Gasteiger charge is -2.43. The SMILES string of the molecule is C=CCOC(=O)O[C@H]1[C@H](OC(=O)CCC)[C@@H](OC(=O)OCC=C)C(Oc2c3c(c(-c4ccc5c(c4)OCO5)c4cc(OC)c(OC)cc24)C(C)OC3)O[C@@H]1C. The largest absolute Gasteiger partial charge is 0.509 e. The fourth-order valence-electron chi connectivity index (χ4n) is 6.80. The van der Waals surface area contributed by atoms with Crippen LogP contribution in [-0.2, 0) is 44.6 Å². The van der Waals surface area contributed by atoms with Gasteiger partial charge in [-0.25, -0.2) is 9.59 Å². The second-order valence-electron chi connectivity index (χ2n) is 12.8. The van der Waals surface area contributed by atoms with Crippen LogP contribution in [0.15, 0.2) is 55.6 Å². The van der Waals surface area contributed by atoms with E-state index in [0.29, 0.717) is 51.5 Å². The molecule has 0 radical (unpaired) electrons. The van der Waals surface area contributed by atoms with Gasteiger partial charge in [-0.05, 0) is 66.6 Å². The molecule has 0 saturated carbocycles. The van der Waals surface area contributed by atoms with Gasteiger partial charge in [0.1, 0.15) is 25.1 Å². The van der Waals surface area contributed by atoms with Crippen molar-refractivity contribution in [1.82, 2.24) is 0 Å². The third-order valence-corrected chi connectivity index (χ3v) is 9.24. The van der Waals surface area contributed by atoms with E-state index in [9.17, 15) is 14.4 Å². The molecule has 0 N–H and O–H groups in total. The molecule has 2 unspecified atom stereocenters. The van der Waals surface area contributed by atoms with Crippen molar-refractivity contribution in [2.24, 2.45) is 0 Å². The molecule has 0 spiro atoms. The van der Waals surface area contributed by atoms with Crippen LogP contribution >= 0.6 is 0 Å². The minimum Gasteiger partial charge on any atom is -0.493 e. The Kier molecular flexibility index (Phi) is 12.2. The fraction of sp³-hybridized carbons (Fsp3) is 0.425. The standard InChI is InChI=1S/C40H44O15/c1-8-11-31(41)52-36-34(54-39(42)46-14-9-2)22(5)51-38(37(36)55-40(43)47-15-10-3)53-35-25-18-29(45-7)28(44-6)17-24(25)33(32-21(4)48-19-26(32)35)23-12-13-27-30(16-23)50-20-49-27/h9-10,12-13,16-18,21-22,34,36-38H,2-3,8,11,14-15,19-20H2,1,4-7H3/t21?,22-,34-,36+,37-,38?/m1/s1. The number of hydrogen-bond donors (Lipinski definition) is 0. The van der Waals surface area contributed by atoms with Gasteiger partial charge in [0.25, 0.3) is 0 Å². The summed E-state index contributed by atoms with van der Waals surface area (Å²) < 4.78 is 69.7. The van der Waals surface area contributed by atoms with Crippen molar-refractivity contribution in [3.8, 4) is 39.9 Å². The second kappa shape index (κ2) is 17.2. The van der Waals surface area contributed by atoms with Crippen molar-refractivity contribution in [3.63, 3.8) is 0 Å². The highest BCUT2D eigenvalue weighted by Crippen LogP contribution is 2.52. The summed E-state index contributed by atoms with van der Waals surface area (Å²) in [7, 11) is 3.05. The summed E-state index contributed by atoms with van der Waals surface area (Å²) >= 11 is 0. The molecule has 3 aliphatic heterocycles. The van der Waals surface area contributed by atoms with E-state index in [2.05, 4.69) is 13.2 Å². The Morgan fingerprint density at radius 1 is 0.836 bits per heavy atom. The van der Waals surface area contributed by atoms with Crippen LogP contribution in [0, 0.1) is 0 Å². The molecule has 0 aliphatic carbocycles. The molecule has 3 aromatic carbocycles. The van der Waals surface area contributed by atoms with Gasteiger partial charge in [0.2, 0.25) is 19.2 Å². The topological polar surface area (TPSA) is 162 Å². The molecule has 3 heterocycles. The number of fused-ring (bicyclic) bond motifs is 3. The molecule has 1 saturated heterocycles. The molecule has 0 amide bonds. The first-order valence-corrected chi connectivity index (χ1v) is 17.8. The summed E-state index contributed by atoms with van der Waals surface area (Å²) in [5.74, 6) is 1.75. The lowest BCUT2D eigenvalue weighted by Crippen LogP contribution is -2.62. The predicted molar refractivity (Wildman–Crippen MR) is 194 cm³/mol. The number of benzene rings is 3. The summed E-state index contributed by atoms with van der Waals surface area (Å²) in [6, 6.07) is 9.29. The van der Waals surface area contributed by atoms with Gasteiger partial charge < -0.3 is 56.8 Å². The smallest absolute Gasteiger partial charge is 0.493 e. The lowest BCUT2D eigenvalue weighted by atomic mass is 9.87. The Bertz CT molecular complexity index is 1940. The lowest BCUT2D eigenvalue weighted by molar-refractivity contribution is -0.275. The first-order chi connectivity index (χ1) is 26.6. The van der Waals surface area contributed by atoms with Gasteiger partial charge in [-0.1, -0.05) is 38.3 Å². The second-order valence-corrected chi connectivity index (χ2v) is 12.8. The number of esters is 1. The number of hydrogen-bond acceptors (Lipinski definition) is 15. The molecule has 6 atom stereocenters. The summed E-state index contributed by atoms with van der Waals surface area (Å²) in [4.78, 5) is 38.9. The van der Waals surface area contributed by atoms with Crippen LogP contribution < -0.4 is 23.7 Å². The van der Waals surface area contributed by atoms with E-state index in [-0.39, 0.29) is 33.0 Å². The van der Waals surface area contributed by atoms with Gasteiger partial charge in [-0.15, -0.1) is 0 Å². The molecule has 0 aromatic heterocycles. The third-order valence-electron chi connectivity index (χ3n) is 9.24. The van der Waals surface area contributed by atoms with Gasteiger partial charge >= 0.3 is 18.3 Å². The number of methoxy groups -OCH3 is 2. The van der Waals surface area contributed by atoms with E-state index < -0.39 is 55.1 Å². The molecule has 3 aliphatic rings. The first-order valence-electron chi connectivity index (χ1n) is 17.8. The minimum atomic E-state index is -1.54. The van der Waals surface area contributed by atoms with Crippen LogP contribution in [0.3, 0.4) is 0 Å². The van der Waals surface area contributed by atoms with E-state index in [1.807, 2.05) is 31.2 Å². The molecule has 294 valence electrons. The molecule has 3 aromatic rings. The average Bonchev–Trinajstić information content (AvgIpc) is 3.81. The van der Waals surface area contributed by atoms with Crippen LogP contribution in [0.4, 0.5) is 9.59 Å². The molecule has 6 rings (SSSR count).